The van der Waals surface area contributed by atoms with Crippen molar-refractivity contribution in [2.75, 3.05) is 39.6 Å². The molecule has 3 N–H and O–H groups in total. The van der Waals surface area contributed by atoms with Crippen LogP contribution in [-0.4, -0.2) is 96.7 Å². The first-order chi connectivity index (χ1) is 46.6. The van der Waals surface area contributed by atoms with Crippen molar-refractivity contribution in [1.82, 2.24) is 0 Å². The van der Waals surface area contributed by atoms with Crippen molar-refractivity contribution in [1.29, 1.82) is 0 Å². The maximum atomic E-state index is 13.1. The third kappa shape index (κ3) is 70.9. The molecular formula is C78H152O17P2. The van der Waals surface area contributed by atoms with Gasteiger partial charge in [0.1, 0.15) is 19.3 Å². The molecule has 0 bridgehead atoms. The van der Waals surface area contributed by atoms with Crippen molar-refractivity contribution in [2.45, 2.75) is 414 Å². The second-order valence-corrected chi connectivity index (χ2v) is 32.7. The van der Waals surface area contributed by atoms with E-state index in [1.54, 1.807) is 0 Å². The summed E-state index contributed by atoms with van der Waals surface area (Å²) in [5.74, 6) is 0.957. The molecule has 3 unspecified atom stereocenters. The molecule has 0 aliphatic heterocycles. The van der Waals surface area contributed by atoms with Crippen LogP contribution in [0.4, 0.5) is 0 Å². The van der Waals surface area contributed by atoms with Gasteiger partial charge in [-0.05, 0) is 49.4 Å². The summed E-state index contributed by atoms with van der Waals surface area (Å²) < 4.78 is 68.6. The van der Waals surface area contributed by atoms with Crippen molar-refractivity contribution >= 4 is 39.5 Å². The number of phosphoric ester groups is 2. The average molecular weight is 1420 g/mol. The highest BCUT2D eigenvalue weighted by atomic mass is 31.2. The molecule has 0 saturated carbocycles. The van der Waals surface area contributed by atoms with Crippen molar-refractivity contribution in [2.24, 2.45) is 23.7 Å². The monoisotopic (exact) mass is 1420 g/mol. The van der Waals surface area contributed by atoms with Crippen molar-refractivity contribution in [3.05, 3.63) is 0 Å². The second kappa shape index (κ2) is 67.2. The molecule has 0 aromatic rings. The Hall–Kier alpha value is -1.94. The Labute approximate surface area is 594 Å². The van der Waals surface area contributed by atoms with E-state index < -0.39 is 97.5 Å². The molecule has 0 aromatic heterocycles. The van der Waals surface area contributed by atoms with Gasteiger partial charge >= 0.3 is 39.5 Å². The van der Waals surface area contributed by atoms with E-state index in [0.717, 1.165) is 120 Å². The Balaban J connectivity index is 5.23. The van der Waals surface area contributed by atoms with E-state index in [2.05, 4.69) is 55.4 Å². The molecule has 0 rings (SSSR count). The fourth-order valence-corrected chi connectivity index (χ4v) is 13.5. The first-order valence-electron chi connectivity index (χ1n) is 40.2. The molecule has 576 valence electrons. The molecule has 0 saturated heterocycles. The summed E-state index contributed by atoms with van der Waals surface area (Å²) in [6.45, 7) is 14.2. The second-order valence-electron chi connectivity index (χ2n) is 29.8. The van der Waals surface area contributed by atoms with Gasteiger partial charge in [-0.2, -0.15) is 0 Å². The van der Waals surface area contributed by atoms with Crippen molar-refractivity contribution in [3.8, 4) is 0 Å². The van der Waals surface area contributed by atoms with E-state index in [4.69, 9.17) is 37.0 Å². The number of aliphatic hydroxyl groups excluding tert-OH is 1. The Morgan fingerprint density at radius 2 is 0.495 bits per heavy atom. The van der Waals surface area contributed by atoms with Crippen LogP contribution in [-0.2, 0) is 65.4 Å². The van der Waals surface area contributed by atoms with Crippen LogP contribution in [0.5, 0.6) is 0 Å². The van der Waals surface area contributed by atoms with Gasteiger partial charge in [0.15, 0.2) is 12.2 Å². The summed E-state index contributed by atoms with van der Waals surface area (Å²) >= 11 is 0. The van der Waals surface area contributed by atoms with Crippen LogP contribution in [0.15, 0.2) is 0 Å². The normalized spacial score (nSPS) is 14.4. The fourth-order valence-electron chi connectivity index (χ4n) is 11.9. The maximum Gasteiger partial charge on any atom is 0.472 e. The number of aliphatic hydroxyl groups is 1. The molecule has 0 fully saturated rings. The molecule has 19 heteroatoms. The molecule has 0 aliphatic rings. The minimum atomic E-state index is -4.96. The number of unbranched alkanes of at least 4 members (excludes halogenated alkanes) is 40. The highest BCUT2D eigenvalue weighted by Gasteiger charge is 2.30. The third-order valence-electron chi connectivity index (χ3n) is 18.4. The topological polar surface area (TPSA) is 237 Å². The number of phosphoric acid groups is 2. The van der Waals surface area contributed by atoms with Crippen LogP contribution in [0, 0.1) is 23.7 Å². The Morgan fingerprint density at radius 1 is 0.289 bits per heavy atom. The lowest BCUT2D eigenvalue weighted by Crippen LogP contribution is -2.30. The number of hydrogen-bond acceptors (Lipinski definition) is 15. The highest BCUT2D eigenvalue weighted by molar-refractivity contribution is 7.47. The minimum absolute atomic E-state index is 0.106. The number of carbonyl (C=O) groups is 4. The largest absolute Gasteiger partial charge is 0.472 e. The van der Waals surface area contributed by atoms with E-state index >= 15 is 0 Å². The Kier molecular flexibility index (Phi) is 65.9. The first kappa shape index (κ1) is 95.1. The van der Waals surface area contributed by atoms with Gasteiger partial charge in [-0.1, -0.05) is 344 Å². The lowest BCUT2D eigenvalue weighted by atomic mass is 10.00. The number of esters is 4. The molecule has 0 heterocycles. The van der Waals surface area contributed by atoms with Crippen molar-refractivity contribution < 1.29 is 80.2 Å². The van der Waals surface area contributed by atoms with E-state index in [9.17, 15) is 43.2 Å². The molecule has 6 atom stereocenters. The standard InChI is InChI=1S/C78H152O17P2/c1-9-71(8)57-49-41-36-37-43-51-59-76(81)89-65-74(95-77(82)60-52-44-34-28-21-17-13-15-19-25-31-39-47-55-69(4)5)67-93-97(86,87)91-63-72(79)62-90-96(84,85)92-66-73(94-78(83)61-53-45-35-29-23-22-26-32-40-48-56-70(6)7)64-88-75(80)58-50-42-33-27-20-16-12-10-11-14-18-24-30-38-46-54-68(2)3/h68-74,79H,9-67H2,1-8H3,(H,84,85)(H,86,87)/t71?,72-,73-,74-/m1/s1. The summed E-state index contributed by atoms with van der Waals surface area (Å²) in [7, 11) is -9.92. The molecular weight excluding hydrogens is 1270 g/mol. The predicted molar refractivity (Wildman–Crippen MR) is 395 cm³/mol. The van der Waals surface area contributed by atoms with Gasteiger partial charge in [0.05, 0.1) is 26.4 Å². The SMILES string of the molecule is CCC(C)CCCCCCCCC(=O)OC[C@H](COP(=O)(O)OC[C@H](O)COP(=O)(O)OC[C@@H](COC(=O)CCCCCCCCCCCCCCCCCC(C)C)OC(=O)CCCCCCCCCCCCC(C)C)OC(=O)CCCCCCCCCCCCCCCC(C)C. The van der Waals surface area contributed by atoms with Crippen LogP contribution >= 0.6 is 15.6 Å². The number of carbonyl (C=O) groups excluding carboxylic acids is 4. The molecule has 0 amide bonds. The number of rotatable bonds is 75. The van der Waals surface area contributed by atoms with Gasteiger partial charge in [0.25, 0.3) is 0 Å². The molecule has 0 spiro atoms. The third-order valence-corrected chi connectivity index (χ3v) is 20.3. The molecule has 0 aliphatic carbocycles. The summed E-state index contributed by atoms with van der Waals surface area (Å²) in [5.41, 5.74) is 0. The lowest BCUT2D eigenvalue weighted by molar-refractivity contribution is -0.161. The van der Waals surface area contributed by atoms with E-state index in [1.807, 2.05) is 0 Å². The molecule has 0 aromatic carbocycles. The van der Waals surface area contributed by atoms with E-state index in [-0.39, 0.29) is 25.7 Å². The van der Waals surface area contributed by atoms with Crippen LogP contribution in [0.3, 0.4) is 0 Å². The van der Waals surface area contributed by atoms with Gasteiger partial charge in [0, 0.05) is 25.7 Å². The molecule has 97 heavy (non-hydrogen) atoms. The minimum Gasteiger partial charge on any atom is -0.462 e. The Morgan fingerprint density at radius 3 is 0.732 bits per heavy atom. The van der Waals surface area contributed by atoms with Gasteiger partial charge in [-0.25, -0.2) is 9.13 Å². The van der Waals surface area contributed by atoms with Gasteiger partial charge in [-0.15, -0.1) is 0 Å². The van der Waals surface area contributed by atoms with Crippen LogP contribution in [0.2, 0.25) is 0 Å². The van der Waals surface area contributed by atoms with Crippen LogP contribution in [0.25, 0.3) is 0 Å². The maximum absolute atomic E-state index is 13.1. The van der Waals surface area contributed by atoms with Gasteiger partial charge < -0.3 is 33.8 Å². The predicted octanol–water partition coefficient (Wildman–Crippen LogP) is 22.8. The highest BCUT2D eigenvalue weighted by Crippen LogP contribution is 2.45. The Bertz CT molecular complexity index is 1900. The summed E-state index contributed by atoms with van der Waals surface area (Å²) in [5, 5.41) is 10.6. The van der Waals surface area contributed by atoms with E-state index in [0.29, 0.717) is 25.7 Å². The quantitative estimate of drug-likeness (QED) is 0.0222. The fraction of sp³-hybridized carbons (Fsp3) is 0.949. The number of hydrogen-bond donors (Lipinski definition) is 3. The summed E-state index contributed by atoms with van der Waals surface area (Å²) in [6.07, 6.45) is 52.7. The zero-order valence-electron chi connectivity index (χ0n) is 63.7. The molecule has 17 nitrogen and oxygen atoms in total. The zero-order valence-corrected chi connectivity index (χ0v) is 65.5. The van der Waals surface area contributed by atoms with Crippen LogP contribution in [0.1, 0.15) is 396 Å². The lowest BCUT2D eigenvalue weighted by Gasteiger charge is -2.21. The zero-order chi connectivity index (χ0) is 71.7. The first-order valence-corrected chi connectivity index (χ1v) is 43.2. The smallest absolute Gasteiger partial charge is 0.462 e. The summed E-state index contributed by atoms with van der Waals surface area (Å²) in [6, 6.07) is 0. The van der Waals surface area contributed by atoms with Crippen LogP contribution < -0.4 is 0 Å². The van der Waals surface area contributed by atoms with Gasteiger partial charge in [-0.3, -0.25) is 37.3 Å². The molecule has 0 radical (unpaired) electrons. The average Bonchev–Trinajstić information content (AvgIpc) is 1.35. The van der Waals surface area contributed by atoms with Gasteiger partial charge in [0.2, 0.25) is 0 Å². The summed E-state index contributed by atoms with van der Waals surface area (Å²) in [4.78, 5) is 72.9. The van der Waals surface area contributed by atoms with E-state index in [1.165, 1.54) is 193 Å². The van der Waals surface area contributed by atoms with Crippen molar-refractivity contribution in [3.63, 3.8) is 0 Å². The number of ether oxygens (including phenoxy) is 4.